The van der Waals surface area contributed by atoms with Crippen LogP contribution in [0.25, 0.3) is 0 Å². The molecule has 0 saturated carbocycles. The quantitative estimate of drug-likeness (QED) is 0.102. The van der Waals surface area contributed by atoms with Crippen LogP contribution in [-0.4, -0.2) is 29.5 Å². The molecule has 10 nitrogen and oxygen atoms in total. The Balaban J connectivity index is 0.000000191. The lowest BCUT2D eigenvalue weighted by Gasteiger charge is -2.27. The fourth-order valence-corrected chi connectivity index (χ4v) is 10.2. The molecule has 12 aromatic rings. The molecule has 0 radical (unpaired) electrons. The zero-order valence-corrected chi connectivity index (χ0v) is 47.2. The van der Waals surface area contributed by atoms with Gasteiger partial charge in [-0.2, -0.15) is 0 Å². The predicted molar refractivity (Wildman–Crippen MR) is 350 cm³/mol. The van der Waals surface area contributed by atoms with Crippen molar-refractivity contribution in [2.24, 2.45) is 0 Å². The number of hydrogen-bond acceptors (Lipinski definition) is 5. The van der Waals surface area contributed by atoms with Crippen molar-refractivity contribution in [3.8, 4) is 0 Å². The Morgan fingerprint density at radius 1 is 0.161 bits per heavy atom. The molecule has 0 aliphatic carbocycles. The van der Waals surface area contributed by atoms with Crippen molar-refractivity contribution in [1.29, 1.82) is 0 Å². The SMILES string of the molecule is O=C(c1cc(C(=O)N(c2ccccc2)c2ccccc2)cc(C(=O)N(c2ccccc2)c2ccccc2)c1)N(c1ccccc1)c1ccccc1.O=C(c1ccccc1C(=O)N(c1ccccc1)c1ccccc1)N(c1ccccc1)c1ccccc1. The van der Waals surface area contributed by atoms with E-state index in [-0.39, 0.29) is 28.5 Å². The van der Waals surface area contributed by atoms with Gasteiger partial charge in [0.1, 0.15) is 0 Å². The van der Waals surface area contributed by atoms with E-state index in [9.17, 15) is 24.0 Å². The van der Waals surface area contributed by atoms with Gasteiger partial charge in [0.2, 0.25) is 0 Å². The van der Waals surface area contributed by atoms with Crippen LogP contribution in [0, 0.1) is 0 Å². The molecule has 87 heavy (non-hydrogen) atoms. The van der Waals surface area contributed by atoms with Crippen LogP contribution in [0.5, 0.6) is 0 Å². The van der Waals surface area contributed by atoms with Gasteiger partial charge in [0.05, 0.1) is 11.1 Å². The van der Waals surface area contributed by atoms with E-state index in [1.807, 2.05) is 303 Å². The average molecular weight is 1130 g/mol. The summed E-state index contributed by atoms with van der Waals surface area (Å²) >= 11 is 0. The fraction of sp³-hybridized carbons (Fsp3) is 0. The van der Waals surface area contributed by atoms with Crippen molar-refractivity contribution < 1.29 is 24.0 Å². The zero-order valence-electron chi connectivity index (χ0n) is 47.2. The van der Waals surface area contributed by atoms with E-state index in [4.69, 9.17) is 0 Å². The third kappa shape index (κ3) is 13.1. The van der Waals surface area contributed by atoms with Gasteiger partial charge in [0.15, 0.2) is 0 Å². The van der Waals surface area contributed by atoms with Crippen molar-refractivity contribution in [1.82, 2.24) is 0 Å². The summed E-state index contributed by atoms with van der Waals surface area (Å²) in [5.41, 5.74) is 7.93. The van der Waals surface area contributed by atoms with Crippen LogP contribution in [0.2, 0.25) is 0 Å². The zero-order chi connectivity index (χ0) is 59.7. The number of amides is 5. The summed E-state index contributed by atoms with van der Waals surface area (Å²) in [6.45, 7) is 0. The normalized spacial score (nSPS) is 10.5. The first kappa shape index (κ1) is 56.8. The highest BCUT2D eigenvalue weighted by Crippen LogP contribution is 2.35. The minimum Gasteiger partial charge on any atom is -0.277 e. The van der Waals surface area contributed by atoms with Crippen LogP contribution >= 0.6 is 0 Å². The van der Waals surface area contributed by atoms with Gasteiger partial charge in [-0.25, -0.2) is 0 Å². The molecule has 0 bridgehead atoms. The molecule has 0 fully saturated rings. The van der Waals surface area contributed by atoms with Gasteiger partial charge in [0.25, 0.3) is 29.5 Å². The molecular weight excluding hydrogens is 1070 g/mol. The second-order valence-electron chi connectivity index (χ2n) is 19.9. The number of carbonyl (C=O) groups excluding carboxylic acids is 5. The Bertz CT molecular complexity index is 3660. The highest BCUT2D eigenvalue weighted by atomic mass is 16.2. The molecule has 5 amide bonds. The summed E-state index contributed by atoms with van der Waals surface area (Å²) in [5, 5.41) is 0. The number of benzene rings is 12. The standard InChI is InChI=1S/C45H33N3O3.C32H24N2O2/c49-43(46(37-19-7-1-8-20-37)38-21-9-2-10-22-38)34-31-35(44(50)47(39-23-11-3-12-24-39)40-25-13-4-14-26-40)33-36(32-34)45(51)48(41-27-15-5-16-28-41)42-29-17-6-18-30-42;35-31(33(25-15-5-1-6-16-25)26-17-7-2-8-18-26)29-23-13-14-24-30(29)32(36)34(27-19-9-3-10-20-27)28-21-11-4-12-22-28/h1-33H;1-24H. The van der Waals surface area contributed by atoms with Gasteiger partial charge in [-0.1, -0.05) is 194 Å². The molecule has 0 saturated heterocycles. The van der Waals surface area contributed by atoms with Crippen LogP contribution in [0.15, 0.2) is 346 Å². The molecule has 12 rings (SSSR count). The Labute approximate surface area is 505 Å². The first-order valence-corrected chi connectivity index (χ1v) is 28.3. The monoisotopic (exact) mass is 1130 g/mol. The lowest BCUT2D eigenvalue weighted by atomic mass is 10.0. The van der Waals surface area contributed by atoms with Crippen LogP contribution < -0.4 is 24.5 Å². The molecule has 0 aromatic heterocycles. The lowest BCUT2D eigenvalue weighted by Crippen LogP contribution is -2.31. The minimum absolute atomic E-state index is 0.180. The third-order valence-electron chi connectivity index (χ3n) is 14.2. The fourth-order valence-electron chi connectivity index (χ4n) is 10.2. The molecule has 420 valence electrons. The topological polar surface area (TPSA) is 102 Å². The van der Waals surface area contributed by atoms with E-state index in [2.05, 4.69) is 0 Å². The maximum Gasteiger partial charge on any atom is 0.263 e. The van der Waals surface area contributed by atoms with Crippen LogP contribution in [0.4, 0.5) is 56.9 Å². The molecule has 12 aromatic carbocycles. The molecule has 0 heterocycles. The largest absolute Gasteiger partial charge is 0.277 e. The number of para-hydroxylation sites is 10. The maximum atomic E-state index is 14.8. The van der Waals surface area contributed by atoms with Gasteiger partial charge in [-0.15, -0.1) is 0 Å². The second kappa shape index (κ2) is 27.4. The Kier molecular flexibility index (Phi) is 17.9. The predicted octanol–water partition coefficient (Wildman–Crippen LogP) is 18.3. The smallest absolute Gasteiger partial charge is 0.263 e. The summed E-state index contributed by atoms with van der Waals surface area (Å²) in [5.74, 6) is -1.75. The Morgan fingerprint density at radius 2 is 0.287 bits per heavy atom. The Hall–Kier alpha value is -12.0. The number of hydrogen-bond donors (Lipinski definition) is 0. The van der Waals surface area contributed by atoms with Gasteiger partial charge in [-0.05, 0) is 152 Å². The van der Waals surface area contributed by atoms with E-state index >= 15 is 0 Å². The number of rotatable bonds is 15. The highest BCUT2D eigenvalue weighted by Gasteiger charge is 2.30. The summed E-state index contributed by atoms with van der Waals surface area (Å²) in [6, 6.07) is 105. The summed E-state index contributed by atoms with van der Waals surface area (Å²) in [6.07, 6.45) is 0. The molecular formula is C77H57N5O5. The van der Waals surface area contributed by atoms with Crippen molar-refractivity contribution in [2.75, 3.05) is 24.5 Å². The molecule has 0 unspecified atom stereocenters. The minimum atomic E-state index is -0.395. The molecule has 10 heteroatoms. The van der Waals surface area contributed by atoms with Crippen LogP contribution in [-0.2, 0) is 0 Å². The molecule has 0 atom stereocenters. The maximum absolute atomic E-state index is 14.8. The average Bonchev–Trinajstić information content (AvgIpc) is 2.99. The van der Waals surface area contributed by atoms with Crippen molar-refractivity contribution in [2.45, 2.75) is 0 Å². The summed E-state index contributed by atoms with van der Waals surface area (Å²) in [4.78, 5) is 80.7. The second-order valence-corrected chi connectivity index (χ2v) is 19.9. The van der Waals surface area contributed by atoms with E-state index in [1.54, 1.807) is 67.0 Å². The highest BCUT2D eigenvalue weighted by molar-refractivity contribution is 6.21. The van der Waals surface area contributed by atoms with E-state index in [1.165, 1.54) is 0 Å². The lowest BCUT2D eigenvalue weighted by molar-refractivity contribution is 0.0967. The first-order valence-electron chi connectivity index (χ1n) is 28.3. The third-order valence-corrected chi connectivity index (χ3v) is 14.2. The van der Waals surface area contributed by atoms with E-state index in [0.717, 1.165) is 22.7 Å². The van der Waals surface area contributed by atoms with Crippen molar-refractivity contribution in [3.05, 3.63) is 374 Å². The molecule has 0 aliphatic rings. The van der Waals surface area contributed by atoms with Gasteiger partial charge in [-0.3, -0.25) is 48.5 Å². The van der Waals surface area contributed by atoms with Crippen molar-refractivity contribution >= 4 is 86.4 Å². The van der Waals surface area contributed by atoms with E-state index < -0.39 is 17.7 Å². The Morgan fingerprint density at radius 3 is 0.437 bits per heavy atom. The van der Waals surface area contributed by atoms with Gasteiger partial charge in [0, 0.05) is 73.6 Å². The first-order chi connectivity index (χ1) is 42.8. The molecule has 0 spiro atoms. The van der Waals surface area contributed by atoms with Gasteiger partial charge >= 0.3 is 0 Å². The van der Waals surface area contributed by atoms with Crippen molar-refractivity contribution in [3.63, 3.8) is 0 Å². The van der Waals surface area contributed by atoms with Crippen LogP contribution in [0.1, 0.15) is 51.8 Å². The van der Waals surface area contributed by atoms with Gasteiger partial charge < -0.3 is 0 Å². The molecule has 0 N–H and O–H groups in total. The number of anilines is 10. The number of nitrogens with zero attached hydrogens (tertiary/aromatic N) is 5. The summed E-state index contributed by atoms with van der Waals surface area (Å²) in [7, 11) is 0. The van der Waals surface area contributed by atoms with E-state index in [0.29, 0.717) is 45.3 Å². The molecule has 0 aliphatic heterocycles. The van der Waals surface area contributed by atoms with Crippen LogP contribution in [0.3, 0.4) is 0 Å². The number of carbonyl (C=O) groups is 5. The summed E-state index contributed by atoms with van der Waals surface area (Å²) < 4.78 is 0.